The van der Waals surface area contributed by atoms with E-state index in [-0.39, 0.29) is 31.1 Å². The Bertz CT molecular complexity index is 1000. The summed E-state index contributed by atoms with van der Waals surface area (Å²) in [4.78, 5) is 39.7. The van der Waals surface area contributed by atoms with Gasteiger partial charge in [0.15, 0.2) is 0 Å². The first kappa shape index (κ1) is 23.3. The van der Waals surface area contributed by atoms with Crippen LogP contribution in [0.15, 0.2) is 48.5 Å². The number of piperazine rings is 1. The number of nitrogens with zero attached hydrogens (tertiary/aromatic N) is 2. The molecule has 1 heterocycles. The van der Waals surface area contributed by atoms with Gasteiger partial charge in [-0.2, -0.15) is 13.2 Å². The number of ether oxygens (including phenoxy) is 1. The summed E-state index contributed by atoms with van der Waals surface area (Å²) in [6.45, 7) is 1.14. The van der Waals surface area contributed by atoms with Crippen LogP contribution in [0, 0.1) is 0 Å². The lowest BCUT2D eigenvalue weighted by Gasteiger charge is -2.34. The van der Waals surface area contributed by atoms with Crippen molar-refractivity contribution < 1.29 is 32.3 Å². The van der Waals surface area contributed by atoms with E-state index in [1.165, 1.54) is 36.3 Å². The molecule has 3 rings (SSSR count). The molecule has 0 spiro atoms. The molecule has 0 unspecified atom stereocenters. The lowest BCUT2D eigenvalue weighted by Crippen LogP contribution is -2.50. The Labute approximate surface area is 182 Å². The second-order valence-electron chi connectivity index (χ2n) is 7.23. The third-order valence-electron chi connectivity index (χ3n) is 5.06. The van der Waals surface area contributed by atoms with Crippen molar-refractivity contribution in [3.8, 4) is 0 Å². The van der Waals surface area contributed by atoms with Crippen LogP contribution in [-0.4, -0.2) is 67.4 Å². The predicted molar refractivity (Wildman–Crippen MR) is 110 cm³/mol. The molecule has 170 valence electrons. The van der Waals surface area contributed by atoms with E-state index in [1.54, 1.807) is 23.1 Å². The van der Waals surface area contributed by atoms with Crippen LogP contribution in [-0.2, 0) is 15.7 Å². The lowest BCUT2D eigenvalue weighted by atomic mass is 10.1. The number of carbonyl (C=O) groups excluding carboxylic acids is 3. The molecule has 0 aliphatic carbocycles. The molecule has 1 saturated heterocycles. The number of alkyl halides is 3. The van der Waals surface area contributed by atoms with Crippen molar-refractivity contribution in [3.05, 3.63) is 65.2 Å². The van der Waals surface area contributed by atoms with Gasteiger partial charge >= 0.3 is 12.1 Å². The SMILES string of the molecule is COC(=O)c1cccc(NC(=O)CN2CCN(C(=O)c3ccccc3C(F)(F)F)CC2)c1. The summed E-state index contributed by atoms with van der Waals surface area (Å²) in [5, 5.41) is 2.70. The van der Waals surface area contributed by atoms with Gasteiger partial charge in [-0.25, -0.2) is 4.79 Å². The van der Waals surface area contributed by atoms with Crippen LogP contribution in [0.5, 0.6) is 0 Å². The van der Waals surface area contributed by atoms with Crippen LogP contribution in [0.2, 0.25) is 0 Å². The minimum absolute atomic E-state index is 0.0453. The highest BCUT2D eigenvalue weighted by Crippen LogP contribution is 2.32. The van der Waals surface area contributed by atoms with Gasteiger partial charge in [-0.05, 0) is 30.3 Å². The minimum atomic E-state index is -4.61. The van der Waals surface area contributed by atoms with Crippen LogP contribution >= 0.6 is 0 Å². The van der Waals surface area contributed by atoms with E-state index >= 15 is 0 Å². The van der Waals surface area contributed by atoms with Crippen molar-refractivity contribution in [1.29, 1.82) is 0 Å². The minimum Gasteiger partial charge on any atom is -0.465 e. The highest BCUT2D eigenvalue weighted by atomic mass is 19.4. The van der Waals surface area contributed by atoms with Crippen LogP contribution in [0.25, 0.3) is 0 Å². The third-order valence-corrected chi connectivity index (χ3v) is 5.06. The monoisotopic (exact) mass is 449 g/mol. The van der Waals surface area contributed by atoms with Gasteiger partial charge in [-0.1, -0.05) is 18.2 Å². The van der Waals surface area contributed by atoms with Crippen molar-refractivity contribution in [1.82, 2.24) is 9.80 Å². The fourth-order valence-corrected chi connectivity index (χ4v) is 3.44. The Kier molecular flexibility index (Phi) is 7.14. The fourth-order valence-electron chi connectivity index (χ4n) is 3.44. The molecule has 2 aromatic rings. The Morgan fingerprint density at radius 3 is 2.34 bits per heavy atom. The largest absolute Gasteiger partial charge is 0.465 e. The zero-order chi connectivity index (χ0) is 23.3. The van der Waals surface area contributed by atoms with Crippen LogP contribution in [0.3, 0.4) is 0 Å². The molecule has 0 aromatic heterocycles. The summed E-state index contributed by atoms with van der Waals surface area (Å²) >= 11 is 0. The van der Waals surface area contributed by atoms with E-state index in [0.29, 0.717) is 24.3 Å². The van der Waals surface area contributed by atoms with E-state index in [0.717, 1.165) is 6.07 Å². The van der Waals surface area contributed by atoms with Gasteiger partial charge in [-0.15, -0.1) is 0 Å². The van der Waals surface area contributed by atoms with E-state index in [9.17, 15) is 27.6 Å². The summed E-state index contributed by atoms with van der Waals surface area (Å²) in [7, 11) is 1.26. The Hall–Kier alpha value is -3.40. The van der Waals surface area contributed by atoms with Crippen LogP contribution in [0.1, 0.15) is 26.3 Å². The van der Waals surface area contributed by atoms with Crippen molar-refractivity contribution in [2.45, 2.75) is 6.18 Å². The molecule has 1 N–H and O–H groups in total. The Morgan fingerprint density at radius 1 is 1.00 bits per heavy atom. The average molecular weight is 449 g/mol. The number of rotatable bonds is 5. The molecule has 2 amide bonds. The first-order chi connectivity index (χ1) is 15.2. The first-order valence-electron chi connectivity index (χ1n) is 9.85. The molecule has 0 saturated carbocycles. The van der Waals surface area contributed by atoms with Gasteiger partial charge in [0, 0.05) is 31.9 Å². The summed E-state index contributed by atoms with van der Waals surface area (Å²) in [6.07, 6.45) is -4.61. The van der Waals surface area contributed by atoms with Crippen molar-refractivity contribution >= 4 is 23.5 Å². The molecule has 32 heavy (non-hydrogen) atoms. The average Bonchev–Trinajstić information content (AvgIpc) is 2.78. The van der Waals surface area contributed by atoms with E-state index < -0.39 is 23.6 Å². The topological polar surface area (TPSA) is 79.0 Å². The molecular weight excluding hydrogens is 427 g/mol. The maximum Gasteiger partial charge on any atom is 0.417 e. The number of hydrogen-bond acceptors (Lipinski definition) is 5. The molecule has 0 bridgehead atoms. The number of hydrogen-bond donors (Lipinski definition) is 1. The Balaban J connectivity index is 1.55. The molecule has 10 heteroatoms. The summed E-state index contributed by atoms with van der Waals surface area (Å²) in [6, 6.07) is 11.0. The molecule has 1 fully saturated rings. The predicted octanol–water partition coefficient (Wildman–Crippen LogP) is 2.89. The zero-order valence-corrected chi connectivity index (χ0v) is 17.3. The second kappa shape index (κ2) is 9.82. The van der Waals surface area contributed by atoms with Gasteiger partial charge < -0.3 is 15.0 Å². The number of benzene rings is 2. The number of halogens is 3. The summed E-state index contributed by atoms with van der Waals surface area (Å²) < 4.78 is 44.3. The normalized spacial score (nSPS) is 14.7. The summed E-state index contributed by atoms with van der Waals surface area (Å²) in [5.74, 6) is -1.51. The van der Waals surface area contributed by atoms with Crippen molar-refractivity contribution in [2.24, 2.45) is 0 Å². The second-order valence-corrected chi connectivity index (χ2v) is 7.23. The molecule has 7 nitrogen and oxygen atoms in total. The molecule has 0 atom stereocenters. The van der Waals surface area contributed by atoms with E-state index in [2.05, 4.69) is 10.1 Å². The van der Waals surface area contributed by atoms with Gasteiger partial charge in [0.1, 0.15) is 0 Å². The summed E-state index contributed by atoms with van der Waals surface area (Å²) in [5.41, 5.74) is -0.593. The number of anilines is 1. The number of nitrogens with one attached hydrogen (secondary N) is 1. The smallest absolute Gasteiger partial charge is 0.417 e. The number of amides is 2. The lowest BCUT2D eigenvalue weighted by molar-refractivity contribution is -0.138. The van der Waals surface area contributed by atoms with Crippen LogP contribution in [0.4, 0.5) is 18.9 Å². The highest BCUT2D eigenvalue weighted by Gasteiger charge is 2.36. The third kappa shape index (κ3) is 5.64. The molecule has 1 aliphatic rings. The molecular formula is C22H22F3N3O4. The maximum absolute atomic E-state index is 13.2. The molecule has 2 aromatic carbocycles. The van der Waals surface area contributed by atoms with Crippen molar-refractivity contribution in [2.75, 3.05) is 45.2 Å². The van der Waals surface area contributed by atoms with Crippen LogP contribution < -0.4 is 5.32 Å². The Morgan fingerprint density at radius 2 is 1.69 bits per heavy atom. The first-order valence-corrected chi connectivity index (χ1v) is 9.85. The van der Waals surface area contributed by atoms with Crippen molar-refractivity contribution in [3.63, 3.8) is 0 Å². The van der Waals surface area contributed by atoms with Gasteiger partial charge in [0.2, 0.25) is 5.91 Å². The fraction of sp³-hybridized carbons (Fsp3) is 0.318. The number of methoxy groups -OCH3 is 1. The number of carbonyl (C=O) groups is 3. The van der Waals surface area contributed by atoms with E-state index in [4.69, 9.17) is 0 Å². The van der Waals surface area contributed by atoms with Gasteiger partial charge in [-0.3, -0.25) is 14.5 Å². The van der Waals surface area contributed by atoms with Gasteiger partial charge in [0.25, 0.3) is 5.91 Å². The van der Waals surface area contributed by atoms with E-state index in [1.807, 2.05) is 0 Å². The zero-order valence-electron chi connectivity index (χ0n) is 17.3. The standard InChI is InChI=1S/C22H22F3N3O4/c1-32-21(31)15-5-4-6-16(13-15)26-19(29)14-27-9-11-28(12-10-27)20(30)17-7-2-3-8-18(17)22(23,24)25/h2-8,13H,9-12,14H2,1H3,(H,26,29). The quantitative estimate of drug-likeness (QED) is 0.711. The maximum atomic E-state index is 13.2. The van der Waals surface area contributed by atoms with Gasteiger partial charge in [0.05, 0.1) is 30.3 Å². The molecule has 1 aliphatic heterocycles. The highest BCUT2D eigenvalue weighted by molar-refractivity contribution is 5.96. The number of esters is 1. The molecule has 0 radical (unpaired) electrons.